The Morgan fingerprint density at radius 3 is 2.23 bits per heavy atom. The molecule has 0 aliphatic rings. The van der Waals surface area contributed by atoms with Gasteiger partial charge in [-0.25, -0.2) is 0 Å². The van der Waals surface area contributed by atoms with Gasteiger partial charge in [0, 0.05) is 31.7 Å². The standard InChI is InChI=1S/C14H18N2O2.C5H12N2O.C2H6.C2H4/c1-15(2)7-6-11-9-16(10-17)14-5-4-12(18-3)8-13(11)14;1-3-7(2)5(8)4-6;2*1-2/h4-5,8-10H,6-7H2,1-3H3;3-4,6H2,1-2H3;1-2H3;1-2H2. The molecule has 1 aromatic carbocycles. The Labute approximate surface area is 182 Å². The van der Waals surface area contributed by atoms with Crippen molar-refractivity contribution in [3.8, 4) is 5.75 Å². The number of hydrogen-bond acceptors (Lipinski definition) is 5. The molecule has 1 heterocycles. The summed E-state index contributed by atoms with van der Waals surface area (Å²) in [4.78, 5) is 25.3. The van der Waals surface area contributed by atoms with Gasteiger partial charge in [0.05, 0.1) is 19.2 Å². The molecule has 2 N–H and O–H groups in total. The normalized spacial score (nSPS) is 9.37. The van der Waals surface area contributed by atoms with Gasteiger partial charge in [-0.1, -0.05) is 13.8 Å². The molecule has 0 unspecified atom stereocenters. The molecule has 0 aliphatic heterocycles. The third-order valence-electron chi connectivity index (χ3n) is 4.14. The van der Waals surface area contributed by atoms with E-state index in [9.17, 15) is 9.59 Å². The molecule has 7 heteroatoms. The van der Waals surface area contributed by atoms with E-state index in [1.54, 1.807) is 23.6 Å². The zero-order chi connectivity index (χ0) is 23.7. The minimum absolute atomic E-state index is 0.00694. The van der Waals surface area contributed by atoms with Crippen molar-refractivity contribution in [3.63, 3.8) is 0 Å². The molecule has 2 rings (SSSR count). The summed E-state index contributed by atoms with van der Waals surface area (Å²) in [5.41, 5.74) is 7.16. The highest BCUT2D eigenvalue weighted by Crippen LogP contribution is 2.25. The molecule has 0 atom stereocenters. The lowest BCUT2D eigenvalue weighted by Crippen LogP contribution is -2.32. The zero-order valence-electron chi connectivity index (χ0n) is 19.8. The molecule has 0 fully saturated rings. The number of benzene rings is 1. The van der Waals surface area contributed by atoms with Crippen LogP contribution in [0.5, 0.6) is 5.75 Å². The summed E-state index contributed by atoms with van der Waals surface area (Å²) in [6.07, 6.45) is 3.66. The van der Waals surface area contributed by atoms with Crippen molar-refractivity contribution >= 4 is 23.2 Å². The van der Waals surface area contributed by atoms with E-state index in [1.165, 1.54) is 5.56 Å². The van der Waals surface area contributed by atoms with Crippen LogP contribution >= 0.6 is 0 Å². The number of likely N-dealkylation sites (N-methyl/N-ethyl adjacent to an activating group) is 2. The fourth-order valence-corrected chi connectivity index (χ4v) is 2.39. The third-order valence-corrected chi connectivity index (χ3v) is 4.14. The van der Waals surface area contributed by atoms with Gasteiger partial charge in [-0.3, -0.25) is 14.2 Å². The number of amides is 1. The van der Waals surface area contributed by atoms with Crippen LogP contribution in [0.4, 0.5) is 0 Å². The number of carbonyl (C=O) groups is 2. The van der Waals surface area contributed by atoms with Crippen molar-refractivity contribution < 1.29 is 14.3 Å². The molecule has 0 spiro atoms. The van der Waals surface area contributed by atoms with Crippen molar-refractivity contribution in [1.29, 1.82) is 0 Å². The molecule has 2 aromatic rings. The largest absolute Gasteiger partial charge is 0.497 e. The van der Waals surface area contributed by atoms with Crippen LogP contribution in [0.3, 0.4) is 0 Å². The topological polar surface area (TPSA) is 80.8 Å². The first kappa shape index (κ1) is 29.6. The second kappa shape index (κ2) is 17.2. The Hall–Kier alpha value is -2.64. The van der Waals surface area contributed by atoms with E-state index < -0.39 is 0 Å². The van der Waals surface area contributed by atoms with Crippen molar-refractivity contribution in [3.05, 3.63) is 43.1 Å². The molecular formula is C23H40N4O3. The molecule has 0 saturated carbocycles. The van der Waals surface area contributed by atoms with Crippen LogP contribution < -0.4 is 10.5 Å². The average Bonchev–Trinajstić information content (AvgIpc) is 3.16. The smallest absolute Gasteiger partial charge is 0.236 e. The molecule has 0 bridgehead atoms. The summed E-state index contributed by atoms with van der Waals surface area (Å²) >= 11 is 0. The number of methoxy groups -OCH3 is 1. The van der Waals surface area contributed by atoms with Crippen LogP contribution in [0.15, 0.2) is 37.6 Å². The summed E-state index contributed by atoms with van der Waals surface area (Å²) in [6, 6.07) is 5.78. The van der Waals surface area contributed by atoms with Crippen molar-refractivity contribution in [2.24, 2.45) is 5.73 Å². The molecule has 0 radical (unpaired) electrons. The van der Waals surface area contributed by atoms with E-state index in [2.05, 4.69) is 18.1 Å². The summed E-state index contributed by atoms with van der Waals surface area (Å²) in [7, 11) is 7.46. The van der Waals surface area contributed by atoms with Gasteiger partial charge in [-0.2, -0.15) is 0 Å². The van der Waals surface area contributed by atoms with Gasteiger partial charge in [0.25, 0.3) is 0 Å². The number of nitrogens with two attached hydrogens (primary N) is 1. The van der Waals surface area contributed by atoms with Crippen molar-refractivity contribution in [2.45, 2.75) is 27.2 Å². The molecule has 1 aromatic heterocycles. The van der Waals surface area contributed by atoms with Gasteiger partial charge in [-0.15, -0.1) is 13.2 Å². The van der Waals surface area contributed by atoms with Crippen LogP contribution in [0, 0.1) is 0 Å². The van der Waals surface area contributed by atoms with Crippen LogP contribution in [0.1, 0.15) is 26.3 Å². The minimum Gasteiger partial charge on any atom is -0.497 e. The van der Waals surface area contributed by atoms with Crippen LogP contribution in [0.25, 0.3) is 10.9 Å². The molecule has 30 heavy (non-hydrogen) atoms. The molecule has 170 valence electrons. The van der Waals surface area contributed by atoms with Gasteiger partial charge in [0.2, 0.25) is 12.3 Å². The number of carbonyl (C=O) groups excluding carboxylic acids is 2. The Kier molecular flexibility index (Phi) is 17.0. The highest BCUT2D eigenvalue weighted by Gasteiger charge is 2.09. The summed E-state index contributed by atoms with van der Waals surface area (Å²) in [6.45, 7) is 13.7. The number of rotatable bonds is 7. The van der Waals surface area contributed by atoms with Gasteiger partial charge < -0.3 is 20.3 Å². The van der Waals surface area contributed by atoms with Gasteiger partial charge in [0.15, 0.2) is 0 Å². The van der Waals surface area contributed by atoms with E-state index >= 15 is 0 Å². The Morgan fingerprint density at radius 1 is 1.23 bits per heavy atom. The van der Waals surface area contributed by atoms with Crippen LogP contribution in [-0.4, -0.2) is 74.6 Å². The summed E-state index contributed by atoms with van der Waals surface area (Å²) in [5.74, 6) is 0.810. The predicted octanol–water partition coefficient (Wildman–Crippen LogP) is 3.04. The monoisotopic (exact) mass is 420 g/mol. The molecular weight excluding hydrogens is 380 g/mol. The predicted molar refractivity (Wildman–Crippen MR) is 128 cm³/mol. The second-order valence-corrected chi connectivity index (χ2v) is 6.22. The highest BCUT2D eigenvalue weighted by molar-refractivity contribution is 5.89. The quantitative estimate of drug-likeness (QED) is 0.550. The van der Waals surface area contributed by atoms with E-state index in [0.29, 0.717) is 0 Å². The number of fused-ring (bicyclic) bond motifs is 1. The first-order valence-corrected chi connectivity index (χ1v) is 10.1. The van der Waals surface area contributed by atoms with E-state index in [1.807, 2.05) is 59.3 Å². The summed E-state index contributed by atoms with van der Waals surface area (Å²) < 4.78 is 6.86. The van der Waals surface area contributed by atoms with E-state index in [0.717, 1.165) is 42.6 Å². The van der Waals surface area contributed by atoms with Gasteiger partial charge >= 0.3 is 0 Å². The maximum atomic E-state index is 11.0. The third kappa shape index (κ3) is 9.71. The number of aromatic nitrogens is 1. The zero-order valence-corrected chi connectivity index (χ0v) is 19.8. The number of hydrogen-bond donors (Lipinski definition) is 1. The van der Waals surface area contributed by atoms with E-state index in [4.69, 9.17) is 10.5 Å². The molecule has 7 nitrogen and oxygen atoms in total. The average molecular weight is 421 g/mol. The van der Waals surface area contributed by atoms with Crippen LogP contribution in [0.2, 0.25) is 0 Å². The number of ether oxygens (including phenoxy) is 1. The minimum atomic E-state index is -0.00694. The van der Waals surface area contributed by atoms with Crippen molar-refractivity contribution in [2.75, 3.05) is 47.9 Å². The highest BCUT2D eigenvalue weighted by atomic mass is 16.5. The Balaban J connectivity index is 0. The SMILES string of the molecule is C=C.CC.CCN(C)C(=O)CN.COc1ccc2c(c1)c(CCN(C)C)cn2C=O. The summed E-state index contributed by atoms with van der Waals surface area (Å²) in [5, 5.41) is 1.09. The van der Waals surface area contributed by atoms with Crippen molar-refractivity contribution in [1.82, 2.24) is 14.4 Å². The first-order chi connectivity index (χ1) is 14.4. The lowest BCUT2D eigenvalue weighted by molar-refractivity contribution is -0.128. The second-order valence-electron chi connectivity index (χ2n) is 6.22. The van der Waals surface area contributed by atoms with E-state index in [-0.39, 0.29) is 12.5 Å². The molecule has 0 aliphatic carbocycles. The van der Waals surface area contributed by atoms with Gasteiger partial charge in [-0.05, 0) is 51.2 Å². The maximum Gasteiger partial charge on any atom is 0.236 e. The first-order valence-electron chi connectivity index (χ1n) is 10.1. The maximum absolute atomic E-state index is 11.0. The Morgan fingerprint density at radius 2 is 1.83 bits per heavy atom. The number of nitrogens with zero attached hydrogens (tertiary/aromatic N) is 3. The lowest BCUT2D eigenvalue weighted by Gasteiger charge is -2.11. The fraction of sp³-hybridized carbons (Fsp3) is 0.478. The van der Waals surface area contributed by atoms with Gasteiger partial charge in [0.1, 0.15) is 5.75 Å². The van der Waals surface area contributed by atoms with Crippen LogP contribution in [-0.2, 0) is 16.0 Å². The Bertz CT molecular complexity index is 741. The molecule has 1 amide bonds. The molecule has 0 saturated heterocycles. The lowest BCUT2D eigenvalue weighted by atomic mass is 10.1. The fourth-order valence-electron chi connectivity index (χ4n) is 2.39.